The Bertz CT molecular complexity index is 653. The van der Waals surface area contributed by atoms with Crippen LogP contribution in [0.25, 0.3) is 0 Å². The van der Waals surface area contributed by atoms with Crippen LogP contribution in [0, 0.1) is 5.82 Å². The summed E-state index contributed by atoms with van der Waals surface area (Å²) >= 11 is 3.03. The Kier molecular flexibility index (Phi) is 3.66. The summed E-state index contributed by atoms with van der Waals surface area (Å²) in [7, 11) is 0. The second-order valence-electron chi connectivity index (χ2n) is 3.59. The summed E-state index contributed by atoms with van der Waals surface area (Å²) < 4.78 is 18.7. The average Bonchev–Trinajstić information content (AvgIpc) is 2.78. The number of aromatic carboxylic acids is 1. The van der Waals surface area contributed by atoms with Gasteiger partial charge in [0.25, 0.3) is 5.91 Å². The number of furan rings is 1. The first-order valence-corrected chi connectivity index (χ1v) is 5.85. The summed E-state index contributed by atoms with van der Waals surface area (Å²) in [6, 6.07) is 4.55. The summed E-state index contributed by atoms with van der Waals surface area (Å²) in [4.78, 5) is 22.5. The fraction of sp³-hybridized carbons (Fsp3) is 0. The minimum absolute atomic E-state index is 0.120. The van der Waals surface area contributed by atoms with Crippen LogP contribution in [-0.2, 0) is 0 Å². The molecule has 2 aromatic rings. The maximum atomic E-state index is 13.5. The highest BCUT2D eigenvalue weighted by molar-refractivity contribution is 9.10. The van der Waals surface area contributed by atoms with E-state index in [2.05, 4.69) is 21.2 Å². The molecule has 98 valence electrons. The van der Waals surface area contributed by atoms with Gasteiger partial charge in [0.2, 0.25) is 0 Å². The van der Waals surface area contributed by atoms with E-state index in [9.17, 15) is 14.0 Å². The summed E-state index contributed by atoms with van der Waals surface area (Å²) in [6.07, 6.45) is 1.19. The van der Waals surface area contributed by atoms with Gasteiger partial charge in [-0.15, -0.1) is 0 Å². The second-order valence-corrected chi connectivity index (χ2v) is 4.37. The van der Waals surface area contributed by atoms with Crippen LogP contribution in [0.15, 0.2) is 39.6 Å². The molecule has 0 unspecified atom stereocenters. The van der Waals surface area contributed by atoms with Crippen LogP contribution < -0.4 is 5.32 Å². The lowest BCUT2D eigenvalue weighted by Gasteiger charge is -2.05. The smallest absolute Gasteiger partial charge is 0.335 e. The van der Waals surface area contributed by atoms with Crippen molar-refractivity contribution in [1.29, 1.82) is 0 Å². The molecule has 5 nitrogen and oxygen atoms in total. The van der Waals surface area contributed by atoms with Crippen molar-refractivity contribution in [2.75, 3.05) is 5.32 Å². The van der Waals surface area contributed by atoms with Crippen molar-refractivity contribution in [2.24, 2.45) is 0 Å². The SMILES string of the molecule is O=C(O)c1ccc(F)c(NC(=O)c2coc(Br)c2)c1. The highest BCUT2D eigenvalue weighted by atomic mass is 79.9. The van der Waals surface area contributed by atoms with Crippen molar-refractivity contribution in [3.8, 4) is 0 Å². The first-order chi connectivity index (χ1) is 8.97. The molecule has 1 aromatic carbocycles. The maximum absolute atomic E-state index is 13.5. The molecular formula is C12H7BrFNO4. The molecule has 19 heavy (non-hydrogen) atoms. The molecule has 2 N–H and O–H groups in total. The Labute approximate surface area is 115 Å². The van der Waals surface area contributed by atoms with Crippen LogP contribution in [-0.4, -0.2) is 17.0 Å². The molecule has 7 heteroatoms. The third-order valence-electron chi connectivity index (χ3n) is 2.29. The van der Waals surface area contributed by atoms with Gasteiger partial charge in [-0.3, -0.25) is 4.79 Å². The van der Waals surface area contributed by atoms with Crippen LogP contribution in [0.1, 0.15) is 20.7 Å². The van der Waals surface area contributed by atoms with Crippen LogP contribution in [0.4, 0.5) is 10.1 Å². The molecule has 0 radical (unpaired) electrons. The number of hydrogen-bond donors (Lipinski definition) is 2. The van der Waals surface area contributed by atoms with Gasteiger partial charge in [0.1, 0.15) is 12.1 Å². The standard InChI is InChI=1S/C12H7BrFNO4/c13-10-4-7(5-19-10)11(16)15-9-3-6(12(17)18)1-2-8(9)14/h1-5H,(H,15,16)(H,17,18). The first kappa shape index (κ1) is 13.3. The number of nitrogens with one attached hydrogen (secondary N) is 1. The summed E-state index contributed by atoms with van der Waals surface area (Å²) in [5.41, 5.74) is -0.140. The van der Waals surface area contributed by atoms with Gasteiger partial charge in [0.05, 0.1) is 16.8 Å². The van der Waals surface area contributed by atoms with E-state index in [4.69, 9.17) is 9.52 Å². The first-order valence-electron chi connectivity index (χ1n) is 5.05. The monoisotopic (exact) mass is 327 g/mol. The largest absolute Gasteiger partial charge is 0.478 e. The average molecular weight is 328 g/mol. The van der Waals surface area contributed by atoms with E-state index in [-0.39, 0.29) is 16.8 Å². The summed E-state index contributed by atoms with van der Waals surface area (Å²) in [5.74, 6) is -2.53. The predicted molar refractivity (Wildman–Crippen MR) is 67.7 cm³/mol. The molecule has 0 aliphatic carbocycles. The van der Waals surface area contributed by atoms with Crippen LogP contribution >= 0.6 is 15.9 Å². The molecule has 0 saturated carbocycles. The molecule has 0 saturated heterocycles. The topological polar surface area (TPSA) is 79.5 Å². The quantitative estimate of drug-likeness (QED) is 0.907. The molecule has 0 aliphatic heterocycles. The summed E-state index contributed by atoms with van der Waals surface area (Å²) in [5, 5.41) is 11.1. The highest BCUT2D eigenvalue weighted by Gasteiger charge is 2.14. The number of amides is 1. The Hall–Kier alpha value is -2.15. The van der Waals surface area contributed by atoms with Crippen molar-refractivity contribution < 1.29 is 23.5 Å². The number of rotatable bonds is 3. The molecule has 1 heterocycles. The van der Waals surface area contributed by atoms with Gasteiger partial charge in [-0.2, -0.15) is 0 Å². The van der Waals surface area contributed by atoms with E-state index in [1.54, 1.807) is 0 Å². The zero-order valence-electron chi connectivity index (χ0n) is 9.31. The van der Waals surface area contributed by atoms with Crippen molar-refractivity contribution in [3.05, 3.63) is 52.1 Å². The number of carbonyl (C=O) groups excluding carboxylic acids is 1. The number of carbonyl (C=O) groups is 2. The lowest BCUT2D eigenvalue weighted by Crippen LogP contribution is -2.13. The number of benzene rings is 1. The normalized spacial score (nSPS) is 10.2. The van der Waals surface area contributed by atoms with E-state index in [0.29, 0.717) is 4.67 Å². The van der Waals surface area contributed by atoms with Crippen LogP contribution in [0.5, 0.6) is 0 Å². The van der Waals surface area contributed by atoms with E-state index < -0.39 is 17.7 Å². The summed E-state index contributed by atoms with van der Waals surface area (Å²) in [6.45, 7) is 0. The number of hydrogen-bond acceptors (Lipinski definition) is 3. The number of anilines is 1. The number of halogens is 2. The van der Waals surface area contributed by atoms with Crippen molar-refractivity contribution in [1.82, 2.24) is 0 Å². The van der Waals surface area contributed by atoms with E-state index in [1.165, 1.54) is 12.3 Å². The molecule has 0 atom stereocenters. The molecule has 0 bridgehead atoms. The minimum Gasteiger partial charge on any atom is -0.478 e. The zero-order valence-corrected chi connectivity index (χ0v) is 10.9. The lowest BCUT2D eigenvalue weighted by molar-refractivity contribution is 0.0696. The Morgan fingerprint density at radius 1 is 1.26 bits per heavy atom. The fourth-order valence-corrected chi connectivity index (χ4v) is 1.72. The van der Waals surface area contributed by atoms with Crippen LogP contribution in [0.3, 0.4) is 0 Å². The van der Waals surface area contributed by atoms with Crippen LogP contribution in [0.2, 0.25) is 0 Å². The van der Waals surface area contributed by atoms with Gasteiger partial charge in [0, 0.05) is 6.07 Å². The van der Waals surface area contributed by atoms with Crippen molar-refractivity contribution in [2.45, 2.75) is 0 Å². The molecule has 0 aliphatic rings. The molecule has 0 spiro atoms. The maximum Gasteiger partial charge on any atom is 0.335 e. The predicted octanol–water partition coefficient (Wildman–Crippen LogP) is 3.13. The van der Waals surface area contributed by atoms with E-state index >= 15 is 0 Å². The number of carboxylic acid groups (broad SMARTS) is 1. The van der Waals surface area contributed by atoms with Gasteiger partial charge in [0.15, 0.2) is 4.67 Å². The van der Waals surface area contributed by atoms with Gasteiger partial charge >= 0.3 is 5.97 Å². The molecule has 2 rings (SSSR count). The van der Waals surface area contributed by atoms with Gasteiger partial charge < -0.3 is 14.8 Å². The van der Waals surface area contributed by atoms with E-state index in [0.717, 1.165) is 18.2 Å². The lowest BCUT2D eigenvalue weighted by atomic mass is 10.2. The van der Waals surface area contributed by atoms with Crippen molar-refractivity contribution >= 4 is 33.5 Å². The van der Waals surface area contributed by atoms with Gasteiger partial charge in [-0.05, 0) is 34.1 Å². The molecule has 0 fully saturated rings. The Balaban J connectivity index is 2.25. The van der Waals surface area contributed by atoms with Gasteiger partial charge in [-0.1, -0.05) is 0 Å². The second kappa shape index (κ2) is 5.23. The number of carboxylic acids is 1. The zero-order chi connectivity index (χ0) is 14.0. The van der Waals surface area contributed by atoms with E-state index in [1.807, 2.05) is 0 Å². The Morgan fingerprint density at radius 2 is 2.00 bits per heavy atom. The highest BCUT2D eigenvalue weighted by Crippen LogP contribution is 2.19. The third-order valence-corrected chi connectivity index (χ3v) is 2.71. The molecular weight excluding hydrogens is 321 g/mol. The van der Waals surface area contributed by atoms with Gasteiger partial charge in [-0.25, -0.2) is 9.18 Å². The minimum atomic E-state index is -1.21. The fourth-order valence-electron chi connectivity index (χ4n) is 1.38. The van der Waals surface area contributed by atoms with Crippen molar-refractivity contribution in [3.63, 3.8) is 0 Å². The Morgan fingerprint density at radius 3 is 2.58 bits per heavy atom. The molecule has 1 aromatic heterocycles. The molecule has 1 amide bonds. The third kappa shape index (κ3) is 3.00.